The number of nitrogens with zero attached hydrogens (tertiary/aromatic N) is 1. The van der Waals surface area contributed by atoms with Crippen LogP contribution in [0.2, 0.25) is 5.02 Å². The van der Waals surface area contributed by atoms with E-state index in [-0.39, 0.29) is 17.6 Å². The number of hydrogen-bond donors (Lipinski definition) is 2. The lowest BCUT2D eigenvalue weighted by Gasteiger charge is -2.19. The summed E-state index contributed by atoms with van der Waals surface area (Å²) in [6, 6.07) is 26.5. The molecule has 8 heteroatoms. The van der Waals surface area contributed by atoms with Gasteiger partial charge < -0.3 is 10.4 Å². The Bertz CT molecular complexity index is 1650. The third kappa shape index (κ3) is 6.10. The van der Waals surface area contributed by atoms with Crippen LogP contribution in [-0.4, -0.2) is 22.5 Å². The van der Waals surface area contributed by atoms with Gasteiger partial charge in [0.25, 0.3) is 5.91 Å². The minimum absolute atomic E-state index is 0.0551. The summed E-state index contributed by atoms with van der Waals surface area (Å²) < 4.78 is 39.3. The van der Waals surface area contributed by atoms with Crippen molar-refractivity contribution in [2.75, 3.05) is 6.54 Å². The maximum atomic E-state index is 13.1. The van der Waals surface area contributed by atoms with E-state index in [0.717, 1.165) is 34.2 Å². The van der Waals surface area contributed by atoms with Crippen molar-refractivity contribution in [1.82, 2.24) is 10.3 Å². The Morgan fingerprint density at radius 2 is 1.57 bits per heavy atom. The van der Waals surface area contributed by atoms with Gasteiger partial charge in [0.05, 0.1) is 5.56 Å². The topological polar surface area (TPSA) is 62.2 Å². The van der Waals surface area contributed by atoms with Crippen LogP contribution in [-0.2, 0) is 6.18 Å². The molecule has 0 aliphatic carbocycles. The maximum absolute atomic E-state index is 13.1. The van der Waals surface area contributed by atoms with E-state index in [1.807, 2.05) is 30.3 Å². The monoisotopic (exact) mass is 560 g/mol. The zero-order valence-electron chi connectivity index (χ0n) is 21.1. The van der Waals surface area contributed by atoms with E-state index >= 15 is 0 Å². The summed E-state index contributed by atoms with van der Waals surface area (Å²) >= 11 is 6.04. The number of aromatic nitrogens is 1. The predicted molar refractivity (Wildman–Crippen MR) is 151 cm³/mol. The number of phenolic OH excluding ortho intramolecular Hbond substituents is 1. The van der Waals surface area contributed by atoms with Gasteiger partial charge in [0.2, 0.25) is 0 Å². The number of phenols is 1. The fourth-order valence-corrected chi connectivity index (χ4v) is 4.86. The molecule has 1 amide bonds. The highest BCUT2D eigenvalue weighted by molar-refractivity contribution is 6.30. The van der Waals surface area contributed by atoms with Gasteiger partial charge in [0.15, 0.2) is 0 Å². The summed E-state index contributed by atoms with van der Waals surface area (Å²) in [5, 5.41) is 14.7. The van der Waals surface area contributed by atoms with Crippen molar-refractivity contribution in [1.29, 1.82) is 0 Å². The largest absolute Gasteiger partial charge is 0.506 e. The summed E-state index contributed by atoms with van der Waals surface area (Å²) in [5.74, 6) is -0.476. The van der Waals surface area contributed by atoms with Gasteiger partial charge in [-0.25, -0.2) is 0 Å². The smallest absolute Gasteiger partial charge is 0.416 e. The highest BCUT2D eigenvalue weighted by Crippen LogP contribution is 2.34. The van der Waals surface area contributed by atoms with Crippen LogP contribution in [0.15, 0.2) is 103 Å². The van der Waals surface area contributed by atoms with Crippen LogP contribution in [0.4, 0.5) is 13.2 Å². The molecule has 1 heterocycles. The molecular formula is C32H24ClF3N2O2. The molecule has 40 heavy (non-hydrogen) atoms. The summed E-state index contributed by atoms with van der Waals surface area (Å²) in [6.07, 6.45) is -2.34. The number of nitrogens with one attached hydrogen (secondary N) is 1. The van der Waals surface area contributed by atoms with Crippen molar-refractivity contribution in [3.63, 3.8) is 0 Å². The molecule has 5 aromatic rings. The van der Waals surface area contributed by atoms with Gasteiger partial charge >= 0.3 is 6.18 Å². The highest BCUT2D eigenvalue weighted by atomic mass is 35.5. The van der Waals surface area contributed by atoms with Crippen LogP contribution < -0.4 is 5.32 Å². The molecular weight excluding hydrogens is 537 g/mol. The third-order valence-electron chi connectivity index (χ3n) is 6.77. The molecule has 1 unspecified atom stereocenters. The van der Waals surface area contributed by atoms with E-state index < -0.39 is 11.7 Å². The average Bonchev–Trinajstić information content (AvgIpc) is 2.95. The maximum Gasteiger partial charge on any atom is 0.416 e. The van der Waals surface area contributed by atoms with Gasteiger partial charge in [-0.2, -0.15) is 13.2 Å². The number of fused-ring (bicyclic) bond motifs is 1. The van der Waals surface area contributed by atoms with E-state index in [2.05, 4.69) is 10.3 Å². The molecule has 0 aliphatic heterocycles. The summed E-state index contributed by atoms with van der Waals surface area (Å²) in [6.45, 7) is 0.291. The molecule has 0 spiro atoms. The molecule has 5 rings (SSSR count). The van der Waals surface area contributed by atoms with Crippen molar-refractivity contribution in [2.24, 2.45) is 0 Å². The fraction of sp³-hybridized carbons (Fsp3) is 0.125. The van der Waals surface area contributed by atoms with E-state index in [1.54, 1.807) is 48.7 Å². The Labute approximate surface area is 234 Å². The Hall–Kier alpha value is -4.36. The SMILES string of the molecule is O=C(NCCC(c1ccc(Cl)cc1)c1ccc(C(F)(F)F)cc1)c1cccc(-c2cc(O)c3ncccc3c2)c1. The lowest BCUT2D eigenvalue weighted by atomic mass is 9.88. The molecule has 2 N–H and O–H groups in total. The number of hydrogen-bond acceptors (Lipinski definition) is 3. The second kappa shape index (κ2) is 11.4. The molecule has 202 valence electrons. The standard InChI is InChI=1S/C32H24ClF3N2O2/c33-27-12-8-21(9-13-27)28(20-6-10-26(11-7-20)32(34,35)36)14-16-38-31(40)24-4-1-3-22(17-24)25-18-23-5-2-15-37-30(23)29(39)19-25/h1-13,15,17-19,28,39H,14,16H2,(H,38,40). The number of rotatable bonds is 7. The number of carbonyl (C=O) groups excluding carboxylic acids is 1. The molecule has 0 aliphatic rings. The summed E-state index contributed by atoms with van der Waals surface area (Å²) in [5.41, 5.74) is 3.33. The number of pyridine rings is 1. The first-order valence-corrected chi connectivity index (χ1v) is 13.0. The lowest BCUT2D eigenvalue weighted by Crippen LogP contribution is -2.26. The third-order valence-corrected chi connectivity index (χ3v) is 7.03. The van der Waals surface area contributed by atoms with Crippen molar-refractivity contribution < 1.29 is 23.1 Å². The first kappa shape index (κ1) is 27.2. The molecule has 0 fully saturated rings. The van der Waals surface area contributed by atoms with Crippen LogP contribution in [0.1, 0.15) is 39.4 Å². The molecule has 0 saturated carbocycles. The number of aromatic hydroxyl groups is 1. The quantitative estimate of drug-likeness (QED) is 0.211. The Kier molecular flexibility index (Phi) is 7.76. The molecule has 0 saturated heterocycles. The predicted octanol–water partition coefficient (Wildman–Crippen LogP) is 8.23. The minimum Gasteiger partial charge on any atom is -0.506 e. The number of carbonyl (C=O) groups is 1. The first-order valence-electron chi connectivity index (χ1n) is 12.6. The van der Waals surface area contributed by atoms with E-state index in [9.17, 15) is 23.1 Å². The van der Waals surface area contributed by atoms with Crippen LogP contribution in [0, 0.1) is 0 Å². The number of benzene rings is 4. The van der Waals surface area contributed by atoms with Crippen molar-refractivity contribution in [2.45, 2.75) is 18.5 Å². The van der Waals surface area contributed by atoms with Crippen LogP contribution in [0.5, 0.6) is 5.75 Å². The van der Waals surface area contributed by atoms with Gasteiger partial charge in [-0.15, -0.1) is 0 Å². The van der Waals surface area contributed by atoms with Gasteiger partial charge in [-0.1, -0.05) is 54.1 Å². The molecule has 1 atom stereocenters. The van der Waals surface area contributed by atoms with Crippen LogP contribution in [0.25, 0.3) is 22.0 Å². The van der Waals surface area contributed by atoms with Gasteiger partial charge in [0.1, 0.15) is 11.3 Å². The van der Waals surface area contributed by atoms with E-state index in [1.165, 1.54) is 12.1 Å². The molecule has 4 aromatic carbocycles. The van der Waals surface area contributed by atoms with Crippen molar-refractivity contribution >= 4 is 28.4 Å². The van der Waals surface area contributed by atoms with E-state index in [0.29, 0.717) is 34.6 Å². The fourth-order valence-electron chi connectivity index (χ4n) is 4.74. The first-order chi connectivity index (χ1) is 19.2. The summed E-state index contributed by atoms with van der Waals surface area (Å²) in [7, 11) is 0. The highest BCUT2D eigenvalue weighted by Gasteiger charge is 2.30. The average molecular weight is 561 g/mol. The zero-order chi connectivity index (χ0) is 28.3. The van der Waals surface area contributed by atoms with Gasteiger partial charge in [-0.3, -0.25) is 9.78 Å². The lowest BCUT2D eigenvalue weighted by molar-refractivity contribution is -0.137. The van der Waals surface area contributed by atoms with Gasteiger partial charge in [0, 0.05) is 34.6 Å². The number of halogens is 4. The molecule has 4 nitrogen and oxygen atoms in total. The summed E-state index contributed by atoms with van der Waals surface area (Å²) in [4.78, 5) is 17.3. The van der Waals surface area contributed by atoms with Crippen molar-refractivity contribution in [3.8, 4) is 16.9 Å². The Morgan fingerprint density at radius 3 is 2.27 bits per heavy atom. The molecule has 0 bridgehead atoms. The van der Waals surface area contributed by atoms with Crippen molar-refractivity contribution in [3.05, 3.63) is 131 Å². The number of amides is 1. The minimum atomic E-state index is -4.42. The van der Waals surface area contributed by atoms with Crippen LogP contribution in [0.3, 0.4) is 0 Å². The number of alkyl halides is 3. The van der Waals surface area contributed by atoms with E-state index in [4.69, 9.17) is 11.6 Å². The second-order valence-electron chi connectivity index (χ2n) is 9.42. The second-order valence-corrected chi connectivity index (χ2v) is 9.86. The molecule has 1 aromatic heterocycles. The normalized spacial score (nSPS) is 12.3. The zero-order valence-corrected chi connectivity index (χ0v) is 21.9. The van der Waals surface area contributed by atoms with Gasteiger partial charge in [-0.05, 0) is 83.3 Å². The Morgan fingerprint density at radius 1 is 0.875 bits per heavy atom. The van der Waals surface area contributed by atoms with Crippen LogP contribution >= 0.6 is 11.6 Å². The molecule has 0 radical (unpaired) electrons. The Balaban J connectivity index is 1.32.